The van der Waals surface area contributed by atoms with E-state index in [4.69, 9.17) is 11.6 Å². The van der Waals surface area contributed by atoms with Crippen molar-refractivity contribution < 1.29 is 13.9 Å². The summed E-state index contributed by atoms with van der Waals surface area (Å²) in [6.45, 7) is 1.45. The van der Waals surface area contributed by atoms with Crippen LogP contribution in [0.3, 0.4) is 0 Å². The average molecular weight is 283 g/mol. The van der Waals surface area contributed by atoms with Gasteiger partial charge in [0.15, 0.2) is 0 Å². The monoisotopic (exact) mass is 282 g/mol. The van der Waals surface area contributed by atoms with Crippen LogP contribution in [0, 0.1) is 11.6 Å². The van der Waals surface area contributed by atoms with E-state index in [-0.39, 0.29) is 22.6 Å². The molecule has 4 heteroatoms. The van der Waals surface area contributed by atoms with E-state index >= 15 is 0 Å². The van der Waals surface area contributed by atoms with E-state index in [9.17, 15) is 13.9 Å². The molecule has 0 aliphatic carbocycles. The van der Waals surface area contributed by atoms with Crippen LogP contribution < -0.4 is 0 Å². The molecular formula is C15H13ClF2O. The van der Waals surface area contributed by atoms with Gasteiger partial charge in [-0.15, -0.1) is 0 Å². The Balaban J connectivity index is 2.36. The fourth-order valence-corrected chi connectivity index (χ4v) is 2.24. The van der Waals surface area contributed by atoms with Crippen LogP contribution in [0.1, 0.15) is 18.1 Å². The van der Waals surface area contributed by atoms with Crippen LogP contribution in [0.4, 0.5) is 8.78 Å². The number of benzene rings is 2. The summed E-state index contributed by atoms with van der Waals surface area (Å²) in [5.41, 5.74) is -1.12. The predicted molar refractivity (Wildman–Crippen MR) is 71.1 cm³/mol. The highest BCUT2D eigenvalue weighted by atomic mass is 35.5. The van der Waals surface area contributed by atoms with Gasteiger partial charge in [-0.25, -0.2) is 8.78 Å². The molecule has 2 rings (SSSR count). The molecule has 0 aromatic heterocycles. The van der Waals surface area contributed by atoms with Crippen molar-refractivity contribution in [3.63, 3.8) is 0 Å². The summed E-state index contributed by atoms with van der Waals surface area (Å²) in [5.74, 6) is -1.10. The molecule has 19 heavy (non-hydrogen) atoms. The van der Waals surface area contributed by atoms with Crippen molar-refractivity contribution in [1.82, 2.24) is 0 Å². The molecule has 0 spiro atoms. The van der Waals surface area contributed by atoms with Gasteiger partial charge in [0.05, 0.1) is 10.6 Å². The molecule has 0 aliphatic heterocycles. The number of rotatable bonds is 3. The summed E-state index contributed by atoms with van der Waals surface area (Å²) in [7, 11) is 0. The molecular weight excluding hydrogens is 270 g/mol. The number of halogens is 3. The molecule has 0 aliphatic rings. The molecule has 2 aromatic carbocycles. The molecule has 1 nitrogen and oxygen atoms in total. The van der Waals surface area contributed by atoms with Gasteiger partial charge in [0.25, 0.3) is 0 Å². The second kappa shape index (κ2) is 5.27. The standard InChI is InChI=1S/C15H13ClF2O/c1-15(19,11-6-2-3-8-13(11)17)9-10-5-4-7-12(16)14(10)18/h2-8,19H,9H2,1H3. The van der Waals surface area contributed by atoms with Crippen molar-refractivity contribution in [2.45, 2.75) is 18.9 Å². The normalized spacial score (nSPS) is 14.2. The number of hydrogen-bond acceptors (Lipinski definition) is 1. The lowest BCUT2D eigenvalue weighted by molar-refractivity contribution is 0.0529. The smallest absolute Gasteiger partial charge is 0.145 e. The zero-order valence-electron chi connectivity index (χ0n) is 10.3. The van der Waals surface area contributed by atoms with Crippen molar-refractivity contribution in [3.05, 3.63) is 70.2 Å². The van der Waals surface area contributed by atoms with Gasteiger partial charge >= 0.3 is 0 Å². The molecule has 0 fully saturated rings. The van der Waals surface area contributed by atoms with E-state index in [0.717, 1.165) is 0 Å². The third-order valence-corrected chi connectivity index (χ3v) is 3.31. The molecule has 100 valence electrons. The first-order valence-corrected chi connectivity index (χ1v) is 6.20. The quantitative estimate of drug-likeness (QED) is 0.900. The van der Waals surface area contributed by atoms with E-state index < -0.39 is 17.2 Å². The van der Waals surface area contributed by atoms with Crippen molar-refractivity contribution >= 4 is 11.6 Å². The zero-order valence-corrected chi connectivity index (χ0v) is 11.1. The van der Waals surface area contributed by atoms with Gasteiger partial charge in [0.1, 0.15) is 11.6 Å². The summed E-state index contributed by atoms with van der Waals surface area (Å²) in [6, 6.07) is 10.5. The minimum atomic E-state index is -1.50. The lowest BCUT2D eigenvalue weighted by atomic mass is 9.88. The number of hydrogen-bond donors (Lipinski definition) is 1. The second-order valence-electron chi connectivity index (χ2n) is 4.64. The maximum atomic E-state index is 13.8. The Kier molecular flexibility index (Phi) is 3.88. The van der Waals surface area contributed by atoms with Gasteiger partial charge in [-0.3, -0.25) is 0 Å². The first-order valence-electron chi connectivity index (χ1n) is 5.82. The third-order valence-electron chi connectivity index (χ3n) is 3.02. The fourth-order valence-electron chi connectivity index (χ4n) is 2.05. The van der Waals surface area contributed by atoms with Crippen molar-refractivity contribution in [3.8, 4) is 0 Å². The highest BCUT2D eigenvalue weighted by Crippen LogP contribution is 2.29. The average Bonchev–Trinajstić information content (AvgIpc) is 2.35. The minimum absolute atomic E-state index is 0.0122. The predicted octanol–water partition coefficient (Wildman–Crippen LogP) is 4.07. The van der Waals surface area contributed by atoms with Crippen LogP contribution in [0.25, 0.3) is 0 Å². The van der Waals surface area contributed by atoms with Crippen molar-refractivity contribution in [2.24, 2.45) is 0 Å². The SMILES string of the molecule is CC(O)(Cc1cccc(Cl)c1F)c1ccccc1F. The molecule has 0 radical (unpaired) electrons. The zero-order chi connectivity index (χ0) is 14.0. The maximum absolute atomic E-state index is 13.8. The van der Waals surface area contributed by atoms with Gasteiger partial charge in [-0.05, 0) is 24.6 Å². The molecule has 1 N–H and O–H groups in total. The third kappa shape index (κ3) is 2.94. The van der Waals surface area contributed by atoms with E-state index in [1.165, 1.54) is 37.3 Å². The summed E-state index contributed by atoms with van der Waals surface area (Å²) >= 11 is 5.69. The second-order valence-corrected chi connectivity index (χ2v) is 5.05. The first-order chi connectivity index (χ1) is 8.92. The van der Waals surface area contributed by atoms with Crippen molar-refractivity contribution in [2.75, 3.05) is 0 Å². The van der Waals surface area contributed by atoms with Gasteiger partial charge < -0.3 is 5.11 Å². The van der Waals surface area contributed by atoms with E-state index in [1.807, 2.05) is 0 Å². The van der Waals surface area contributed by atoms with E-state index in [0.29, 0.717) is 0 Å². The first kappa shape index (κ1) is 14.0. The molecule has 0 amide bonds. The summed E-state index contributed by atoms with van der Waals surface area (Å²) in [6.07, 6.45) is -0.0552. The van der Waals surface area contributed by atoms with E-state index in [2.05, 4.69) is 0 Å². The lowest BCUT2D eigenvalue weighted by Crippen LogP contribution is -2.26. The highest BCUT2D eigenvalue weighted by Gasteiger charge is 2.28. The van der Waals surface area contributed by atoms with Gasteiger partial charge in [0, 0.05) is 12.0 Å². The van der Waals surface area contributed by atoms with Gasteiger partial charge in [-0.2, -0.15) is 0 Å². The van der Waals surface area contributed by atoms with Crippen LogP contribution in [-0.2, 0) is 12.0 Å². The van der Waals surface area contributed by atoms with Crippen LogP contribution in [0.2, 0.25) is 5.02 Å². The van der Waals surface area contributed by atoms with Crippen molar-refractivity contribution in [1.29, 1.82) is 0 Å². The van der Waals surface area contributed by atoms with E-state index in [1.54, 1.807) is 12.1 Å². The van der Waals surface area contributed by atoms with Crippen LogP contribution >= 0.6 is 11.6 Å². The summed E-state index contributed by atoms with van der Waals surface area (Å²) in [5, 5.41) is 10.4. The van der Waals surface area contributed by atoms with Gasteiger partial charge in [0.2, 0.25) is 0 Å². The Bertz CT molecular complexity index is 596. The van der Waals surface area contributed by atoms with Crippen LogP contribution in [-0.4, -0.2) is 5.11 Å². The Hall–Kier alpha value is -1.45. The molecule has 1 unspecified atom stereocenters. The minimum Gasteiger partial charge on any atom is -0.385 e. The molecule has 1 atom stereocenters. The number of aliphatic hydroxyl groups is 1. The molecule has 0 saturated heterocycles. The summed E-state index contributed by atoms with van der Waals surface area (Å²) in [4.78, 5) is 0. The Morgan fingerprint density at radius 3 is 2.47 bits per heavy atom. The Labute approximate surface area is 115 Å². The largest absolute Gasteiger partial charge is 0.385 e. The van der Waals surface area contributed by atoms with Crippen LogP contribution in [0.5, 0.6) is 0 Å². The topological polar surface area (TPSA) is 20.2 Å². The van der Waals surface area contributed by atoms with Gasteiger partial charge in [-0.1, -0.05) is 41.9 Å². The molecule has 0 saturated carbocycles. The lowest BCUT2D eigenvalue weighted by Gasteiger charge is -2.24. The Morgan fingerprint density at radius 2 is 1.79 bits per heavy atom. The molecule has 2 aromatic rings. The van der Waals surface area contributed by atoms with Crippen LogP contribution in [0.15, 0.2) is 42.5 Å². The molecule has 0 heterocycles. The Morgan fingerprint density at radius 1 is 1.11 bits per heavy atom. The molecule has 0 bridgehead atoms. The maximum Gasteiger partial charge on any atom is 0.145 e. The summed E-state index contributed by atoms with van der Waals surface area (Å²) < 4.78 is 27.5. The fraction of sp³-hybridized carbons (Fsp3) is 0.200. The highest BCUT2D eigenvalue weighted by molar-refractivity contribution is 6.30.